The van der Waals surface area contributed by atoms with E-state index in [-0.39, 0.29) is 35.0 Å². The van der Waals surface area contributed by atoms with E-state index in [0.29, 0.717) is 18.8 Å². The van der Waals surface area contributed by atoms with Gasteiger partial charge in [0.1, 0.15) is 0 Å². The lowest BCUT2D eigenvalue weighted by Gasteiger charge is -2.11. The van der Waals surface area contributed by atoms with Crippen molar-refractivity contribution in [3.8, 4) is 11.5 Å². The van der Waals surface area contributed by atoms with E-state index in [9.17, 15) is 14.4 Å². The molecule has 3 N–H and O–H groups in total. The van der Waals surface area contributed by atoms with Gasteiger partial charge >= 0.3 is 12.1 Å². The Labute approximate surface area is 190 Å². The summed E-state index contributed by atoms with van der Waals surface area (Å²) in [5, 5.41) is 10.5. The van der Waals surface area contributed by atoms with E-state index in [2.05, 4.69) is 15.5 Å². The van der Waals surface area contributed by atoms with Crippen molar-refractivity contribution in [2.24, 2.45) is 0 Å². The molecule has 1 aromatic heterocycles. The summed E-state index contributed by atoms with van der Waals surface area (Å²) in [6.07, 6.45) is -0.705. The molecule has 13 nitrogen and oxygen atoms in total. The van der Waals surface area contributed by atoms with Crippen LogP contribution in [-0.4, -0.2) is 85.8 Å². The normalized spacial score (nSPS) is 10.6. The van der Waals surface area contributed by atoms with E-state index in [0.717, 1.165) is 4.80 Å². The van der Waals surface area contributed by atoms with Gasteiger partial charge in [-0.3, -0.25) is 4.79 Å². The number of nitrogens with zero attached hydrogens (tertiary/aromatic N) is 4. The number of amides is 1. The van der Waals surface area contributed by atoms with Crippen molar-refractivity contribution in [2.45, 2.75) is 13.7 Å². The van der Waals surface area contributed by atoms with Crippen molar-refractivity contribution in [2.75, 3.05) is 53.7 Å². The third-order valence-electron chi connectivity index (χ3n) is 4.28. The minimum Gasteiger partial charge on any atom is -0.493 e. The van der Waals surface area contributed by atoms with Gasteiger partial charge in [-0.1, -0.05) is 0 Å². The largest absolute Gasteiger partial charge is 0.493 e. The lowest BCUT2D eigenvalue weighted by molar-refractivity contribution is 0.0513. The molecule has 1 amide bonds. The Morgan fingerprint density at radius 2 is 1.70 bits per heavy atom. The molecule has 0 saturated carbocycles. The third-order valence-corrected chi connectivity index (χ3v) is 4.28. The van der Waals surface area contributed by atoms with Crippen LogP contribution in [0.4, 0.5) is 10.5 Å². The molecule has 0 aliphatic carbocycles. The number of likely N-dealkylation sites (N-methyl/N-ethyl adjacent to an activating group) is 1. The standard InChI is InChI=1S/C20H28N6O7/c1-6-32-19(28)17-16(18(27)12-9-14(30-4)15(31-5)10-13(12)21)23-26(24-17)11-33-20(29)22-7-8-25(2)3/h9-10H,6-8,11,21H2,1-5H3,(H,22,29). The predicted octanol–water partition coefficient (Wildman–Crippen LogP) is 0.531. The first-order chi connectivity index (χ1) is 15.7. The number of nitrogen functional groups attached to an aromatic ring is 1. The number of benzene rings is 1. The van der Waals surface area contributed by atoms with Crippen LogP contribution in [0.1, 0.15) is 33.5 Å². The molecule has 2 rings (SSSR count). The van der Waals surface area contributed by atoms with Gasteiger partial charge in [-0.05, 0) is 27.1 Å². The Hall–Kier alpha value is -3.87. The second-order valence-corrected chi connectivity index (χ2v) is 6.90. The molecule has 2 aromatic rings. The van der Waals surface area contributed by atoms with Gasteiger partial charge in [-0.15, -0.1) is 15.0 Å². The van der Waals surface area contributed by atoms with Gasteiger partial charge < -0.3 is 34.9 Å². The summed E-state index contributed by atoms with van der Waals surface area (Å²) in [6, 6.07) is 2.79. The fraction of sp³-hybridized carbons (Fsp3) is 0.450. The number of hydrogen-bond acceptors (Lipinski definition) is 11. The van der Waals surface area contributed by atoms with Gasteiger partial charge in [0.15, 0.2) is 17.2 Å². The van der Waals surface area contributed by atoms with Crippen LogP contribution in [0.2, 0.25) is 0 Å². The zero-order valence-corrected chi connectivity index (χ0v) is 19.2. The highest BCUT2D eigenvalue weighted by Crippen LogP contribution is 2.33. The molecule has 0 unspecified atom stereocenters. The van der Waals surface area contributed by atoms with E-state index < -0.39 is 24.6 Å². The third kappa shape index (κ3) is 6.55. The van der Waals surface area contributed by atoms with E-state index in [1.54, 1.807) is 6.92 Å². The molecule has 0 saturated heterocycles. The molecule has 0 spiro atoms. The number of carbonyl (C=O) groups excluding carboxylic acids is 3. The number of alkyl carbamates (subject to hydrolysis) is 1. The number of hydrogen-bond donors (Lipinski definition) is 2. The number of methoxy groups -OCH3 is 2. The maximum atomic E-state index is 13.2. The molecule has 0 fully saturated rings. The van der Waals surface area contributed by atoms with Crippen molar-refractivity contribution in [1.82, 2.24) is 25.2 Å². The fourth-order valence-corrected chi connectivity index (χ4v) is 2.66. The summed E-state index contributed by atoms with van der Waals surface area (Å²) < 4.78 is 20.4. The number of carbonyl (C=O) groups is 3. The molecular weight excluding hydrogens is 436 g/mol. The first-order valence-corrected chi connectivity index (χ1v) is 9.95. The second-order valence-electron chi connectivity index (χ2n) is 6.90. The smallest absolute Gasteiger partial charge is 0.409 e. The maximum absolute atomic E-state index is 13.2. The average Bonchev–Trinajstić information content (AvgIpc) is 3.21. The summed E-state index contributed by atoms with van der Waals surface area (Å²) >= 11 is 0. The van der Waals surface area contributed by atoms with Crippen LogP contribution >= 0.6 is 0 Å². The zero-order chi connectivity index (χ0) is 24.5. The van der Waals surface area contributed by atoms with E-state index >= 15 is 0 Å². The average molecular weight is 464 g/mol. The topological polar surface area (TPSA) is 160 Å². The number of anilines is 1. The van der Waals surface area contributed by atoms with E-state index in [1.807, 2.05) is 19.0 Å². The molecule has 0 aliphatic heterocycles. The van der Waals surface area contributed by atoms with Gasteiger partial charge in [-0.2, -0.15) is 0 Å². The Morgan fingerprint density at radius 1 is 1.06 bits per heavy atom. The number of rotatable bonds is 11. The highest BCUT2D eigenvalue weighted by Gasteiger charge is 2.28. The highest BCUT2D eigenvalue weighted by atomic mass is 16.6. The molecule has 1 aromatic carbocycles. The zero-order valence-electron chi connectivity index (χ0n) is 19.2. The van der Waals surface area contributed by atoms with Crippen LogP contribution in [0.15, 0.2) is 12.1 Å². The minimum absolute atomic E-state index is 0.0209. The molecule has 0 aliphatic rings. The minimum atomic E-state index is -0.860. The van der Waals surface area contributed by atoms with Crippen LogP contribution in [0.25, 0.3) is 0 Å². The molecular formula is C20H28N6O7. The number of aromatic nitrogens is 3. The number of ether oxygens (including phenoxy) is 4. The predicted molar refractivity (Wildman–Crippen MR) is 116 cm³/mol. The molecule has 1 heterocycles. The van der Waals surface area contributed by atoms with Crippen molar-refractivity contribution >= 4 is 23.5 Å². The maximum Gasteiger partial charge on any atom is 0.409 e. The van der Waals surface area contributed by atoms with Crippen LogP contribution in [0, 0.1) is 0 Å². The monoisotopic (exact) mass is 464 g/mol. The molecule has 13 heteroatoms. The van der Waals surface area contributed by atoms with Gasteiger partial charge in [0.2, 0.25) is 18.2 Å². The first-order valence-electron chi connectivity index (χ1n) is 9.95. The summed E-state index contributed by atoms with van der Waals surface area (Å²) in [6.45, 7) is 2.22. The van der Waals surface area contributed by atoms with Crippen molar-refractivity contribution < 1.29 is 33.3 Å². The van der Waals surface area contributed by atoms with Gasteiger partial charge in [0.25, 0.3) is 0 Å². The van der Waals surface area contributed by atoms with Gasteiger partial charge in [0, 0.05) is 24.8 Å². The Kier molecular flexibility index (Phi) is 8.98. The van der Waals surface area contributed by atoms with Crippen molar-refractivity contribution in [1.29, 1.82) is 0 Å². The number of nitrogens with one attached hydrogen (secondary N) is 1. The van der Waals surface area contributed by atoms with Gasteiger partial charge in [0.05, 0.1) is 26.4 Å². The molecule has 180 valence electrons. The summed E-state index contributed by atoms with van der Waals surface area (Å²) in [4.78, 5) is 40.2. The number of ketones is 1. The molecule has 0 atom stereocenters. The Morgan fingerprint density at radius 3 is 2.30 bits per heavy atom. The second kappa shape index (κ2) is 11.7. The lowest BCUT2D eigenvalue weighted by Crippen LogP contribution is -2.32. The number of esters is 1. The molecule has 0 bridgehead atoms. The Bertz CT molecular complexity index is 1010. The number of nitrogens with two attached hydrogens (primary N) is 1. The summed E-state index contributed by atoms with van der Waals surface area (Å²) in [5.41, 5.74) is 5.45. The quantitative estimate of drug-likeness (QED) is 0.271. The highest BCUT2D eigenvalue weighted by molar-refractivity contribution is 6.15. The van der Waals surface area contributed by atoms with Crippen LogP contribution < -0.4 is 20.5 Å². The van der Waals surface area contributed by atoms with Crippen LogP contribution in [-0.2, 0) is 16.2 Å². The van der Waals surface area contributed by atoms with Crippen molar-refractivity contribution in [3.63, 3.8) is 0 Å². The molecule has 33 heavy (non-hydrogen) atoms. The Balaban J connectivity index is 2.30. The lowest BCUT2D eigenvalue weighted by atomic mass is 10.0. The van der Waals surface area contributed by atoms with E-state index in [4.69, 9.17) is 24.7 Å². The van der Waals surface area contributed by atoms with E-state index in [1.165, 1.54) is 26.4 Å². The van der Waals surface area contributed by atoms with Crippen LogP contribution in [0.3, 0.4) is 0 Å². The van der Waals surface area contributed by atoms with Gasteiger partial charge in [-0.25, -0.2) is 9.59 Å². The molecule has 0 radical (unpaired) electrons. The summed E-state index contributed by atoms with van der Waals surface area (Å²) in [7, 11) is 6.56. The first kappa shape index (κ1) is 25.4. The summed E-state index contributed by atoms with van der Waals surface area (Å²) in [5.74, 6) is -0.966. The fourth-order valence-electron chi connectivity index (χ4n) is 2.66. The van der Waals surface area contributed by atoms with Crippen LogP contribution in [0.5, 0.6) is 11.5 Å². The SMILES string of the molecule is CCOC(=O)c1nn(COC(=O)NCCN(C)C)nc1C(=O)c1cc(OC)c(OC)cc1N. The van der Waals surface area contributed by atoms with Crippen molar-refractivity contribution in [3.05, 3.63) is 29.1 Å².